The molecule has 122 valence electrons. The maximum atomic E-state index is 12.1. The van der Waals surface area contributed by atoms with Crippen LogP contribution in [0.2, 0.25) is 5.02 Å². The van der Waals surface area contributed by atoms with E-state index >= 15 is 0 Å². The van der Waals surface area contributed by atoms with Gasteiger partial charge in [0, 0.05) is 24.3 Å². The van der Waals surface area contributed by atoms with Gasteiger partial charge in [0.2, 0.25) is 5.91 Å². The minimum absolute atomic E-state index is 0.0845. The highest BCUT2D eigenvalue weighted by Crippen LogP contribution is 2.15. The minimum atomic E-state index is 0.0845. The third-order valence-electron chi connectivity index (χ3n) is 3.48. The number of hydrogen-bond donors (Lipinski definition) is 1. The Hall–Kier alpha value is -2.20. The number of halogens is 1. The third kappa shape index (κ3) is 5.83. The van der Waals surface area contributed by atoms with Crippen molar-refractivity contribution in [2.45, 2.75) is 12.8 Å². The van der Waals surface area contributed by atoms with E-state index in [1.807, 2.05) is 43.4 Å². The maximum Gasteiger partial charge on any atom is 0.226 e. The Balaban J connectivity index is 1.69. The molecule has 1 amide bonds. The predicted molar refractivity (Wildman–Crippen MR) is 93.8 cm³/mol. The second-order valence-corrected chi connectivity index (χ2v) is 5.83. The van der Waals surface area contributed by atoms with E-state index in [2.05, 4.69) is 0 Å². The van der Waals surface area contributed by atoms with Crippen LogP contribution >= 0.6 is 11.6 Å². The SMILES string of the molecule is CN(CCCOc1ccc(Cl)cc1)C(=O)Cc1ccc(N)cc1. The Labute approximate surface area is 141 Å². The fraction of sp³-hybridized carbons (Fsp3) is 0.278. The van der Waals surface area contributed by atoms with Crippen LogP contribution in [0.3, 0.4) is 0 Å². The Morgan fingerprint density at radius 3 is 2.43 bits per heavy atom. The molecule has 0 bridgehead atoms. The van der Waals surface area contributed by atoms with Crippen molar-refractivity contribution >= 4 is 23.2 Å². The van der Waals surface area contributed by atoms with E-state index in [1.165, 1.54) is 0 Å². The van der Waals surface area contributed by atoms with Crippen molar-refractivity contribution in [1.82, 2.24) is 4.90 Å². The van der Waals surface area contributed by atoms with E-state index in [-0.39, 0.29) is 5.91 Å². The molecular formula is C18H21ClN2O2. The molecule has 0 aliphatic heterocycles. The van der Waals surface area contributed by atoms with Crippen molar-refractivity contribution in [3.8, 4) is 5.75 Å². The summed E-state index contributed by atoms with van der Waals surface area (Å²) in [5.41, 5.74) is 7.31. The lowest BCUT2D eigenvalue weighted by Gasteiger charge is -2.17. The molecule has 0 aromatic heterocycles. The molecule has 2 N–H and O–H groups in total. The van der Waals surface area contributed by atoms with Gasteiger partial charge >= 0.3 is 0 Å². The lowest BCUT2D eigenvalue weighted by Crippen LogP contribution is -2.30. The number of nitrogen functional groups attached to an aromatic ring is 1. The summed E-state index contributed by atoms with van der Waals surface area (Å²) in [6.45, 7) is 1.21. The molecule has 0 aliphatic carbocycles. The Kier molecular flexibility index (Phi) is 6.29. The van der Waals surface area contributed by atoms with E-state index in [4.69, 9.17) is 22.1 Å². The number of ether oxygens (including phenoxy) is 1. The summed E-state index contributed by atoms with van der Waals surface area (Å²) < 4.78 is 5.61. The fourth-order valence-corrected chi connectivity index (χ4v) is 2.22. The number of carbonyl (C=O) groups is 1. The molecule has 0 heterocycles. The third-order valence-corrected chi connectivity index (χ3v) is 3.73. The highest BCUT2D eigenvalue weighted by Gasteiger charge is 2.09. The minimum Gasteiger partial charge on any atom is -0.494 e. The molecule has 0 spiro atoms. The number of likely N-dealkylation sites (N-methyl/N-ethyl adjacent to an activating group) is 1. The monoisotopic (exact) mass is 332 g/mol. The molecule has 0 unspecified atom stereocenters. The summed E-state index contributed by atoms with van der Waals surface area (Å²) in [6, 6.07) is 14.6. The van der Waals surface area contributed by atoms with Crippen LogP contribution in [0.5, 0.6) is 5.75 Å². The zero-order valence-corrected chi connectivity index (χ0v) is 13.9. The first-order chi connectivity index (χ1) is 11.0. The largest absolute Gasteiger partial charge is 0.494 e. The van der Waals surface area contributed by atoms with Crippen molar-refractivity contribution in [2.75, 3.05) is 25.9 Å². The van der Waals surface area contributed by atoms with Gasteiger partial charge in [-0.05, 0) is 48.4 Å². The summed E-state index contributed by atoms with van der Waals surface area (Å²) in [5, 5.41) is 0.686. The van der Waals surface area contributed by atoms with Crippen LogP contribution in [0.15, 0.2) is 48.5 Å². The predicted octanol–water partition coefficient (Wildman–Crippen LogP) is 3.39. The number of benzene rings is 2. The maximum absolute atomic E-state index is 12.1. The van der Waals surface area contributed by atoms with Crippen LogP contribution in [0.1, 0.15) is 12.0 Å². The van der Waals surface area contributed by atoms with Crippen LogP contribution in [0.4, 0.5) is 5.69 Å². The number of nitrogens with two attached hydrogens (primary N) is 1. The normalized spacial score (nSPS) is 10.3. The zero-order chi connectivity index (χ0) is 16.7. The highest BCUT2D eigenvalue weighted by atomic mass is 35.5. The van der Waals surface area contributed by atoms with E-state index < -0.39 is 0 Å². The van der Waals surface area contributed by atoms with Crippen molar-refractivity contribution in [1.29, 1.82) is 0 Å². The molecule has 2 aromatic carbocycles. The first kappa shape index (κ1) is 17.2. The number of anilines is 1. The molecule has 0 saturated carbocycles. The van der Waals surface area contributed by atoms with Gasteiger partial charge in [0.1, 0.15) is 5.75 Å². The Bertz CT molecular complexity index is 626. The molecular weight excluding hydrogens is 312 g/mol. The number of carbonyl (C=O) groups excluding carboxylic acids is 1. The van der Waals surface area contributed by atoms with Gasteiger partial charge in [0.15, 0.2) is 0 Å². The summed E-state index contributed by atoms with van der Waals surface area (Å²) in [6.07, 6.45) is 1.15. The van der Waals surface area contributed by atoms with E-state index in [0.29, 0.717) is 30.3 Å². The summed E-state index contributed by atoms with van der Waals surface area (Å²) >= 11 is 5.82. The van der Waals surface area contributed by atoms with Crippen molar-refractivity contribution in [2.24, 2.45) is 0 Å². The van der Waals surface area contributed by atoms with Gasteiger partial charge in [0.25, 0.3) is 0 Å². The molecule has 0 aliphatic rings. The summed E-state index contributed by atoms with van der Waals surface area (Å²) in [5.74, 6) is 0.867. The highest BCUT2D eigenvalue weighted by molar-refractivity contribution is 6.30. The van der Waals surface area contributed by atoms with Gasteiger partial charge in [-0.2, -0.15) is 0 Å². The Morgan fingerprint density at radius 2 is 1.78 bits per heavy atom. The fourth-order valence-electron chi connectivity index (χ4n) is 2.09. The molecule has 2 rings (SSSR count). The first-order valence-corrected chi connectivity index (χ1v) is 7.89. The quantitative estimate of drug-likeness (QED) is 0.624. The first-order valence-electron chi connectivity index (χ1n) is 7.51. The average Bonchev–Trinajstić information content (AvgIpc) is 2.55. The number of nitrogens with zero attached hydrogens (tertiary/aromatic N) is 1. The average molecular weight is 333 g/mol. The lowest BCUT2D eigenvalue weighted by molar-refractivity contribution is -0.129. The van der Waals surface area contributed by atoms with E-state index in [0.717, 1.165) is 17.7 Å². The molecule has 4 nitrogen and oxygen atoms in total. The lowest BCUT2D eigenvalue weighted by atomic mass is 10.1. The van der Waals surface area contributed by atoms with Gasteiger partial charge in [-0.1, -0.05) is 23.7 Å². The van der Waals surface area contributed by atoms with Gasteiger partial charge in [-0.15, -0.1) is 0 Å². The van der Waals surface area contributed by atoms with E-state index in [1.54, 1.807) is 17.0 Å². The molecule has 0 atom stereocenters. The second kappa shape index (κ2) is 8.44. The van der Waals surface area contributed by atoms with Gasteiger partial charge in [0.05, 0.1) is 13.0 Å². The topological polar surface area (TPSA) is 55.6 Å². The van der Waals surface area contributed by atoms with Crippen molar-refractivity contribution < 1.29 is 9.53 Å². The molecule has 0 saturated heterocycles. The molecule has 2 aromatic rings. The standard InChI is InChI=1S/C18H21ClN2O2/c1-21(18(22)13-14-3-7-16(20)8-4-14)11-2-12-23-17-9-5-15(19)6-10-17/h3-10H,2,11-13,20H2,1H3. The number of amides is 1. The molecule has 0 fully saturated rings. The van der Waals surface area contributed by atoms with Crippen molar-refractivity contribution in [3.05, 3.63) is 59.1 Å². The van der Waals surface area contributed by atoms with Gasteiger partial charge in [-0.3, -0.25) is 4.79 Å². The number of hydrogen-bond acceptors (Lipinski definition) is 3. The summed E-state index contributed by atoms with van der Waals surface area (Å²) in [7, 11) is 1.81. The van der Waals surface area contributed by atoms with E-state index in [9.17, 15) is 4.79 Å². The smallest absolute Gasteiger partial charge is 0.226 e. The van der Waals surface area contributed by atoms with Crippen LogP contribution in [0.25, 0.3) is 0 Å². The van der Waals surface area contributed by atoms with Crippen LogP contribution in [0, 0.1) is 0 Å². The zero-order valence-electron chi connectivity index (χ0n) is 13.2. The van der Waals surface area contributed by atoms with Gasteiger partial charge in [-0.25, -0.2) is 0 Å². The Morgan fingerprint density at radius 1 is 1.13 bits per heavy atom. The molecule has 0 radical (unpaired) electrons. The van der Waals surface area contributed by atoms with Crippen LogP contribution in [-0.2, 0) is 11.2 Å². The van der Waals surface area contributed by atoms with Crippen LogP contribution in [-0.4, -0.2) is 31.0 Å². The van der Waals surface area contributed by atoms with Crippen LogP contribution < -0.4 is 10.5 Å². The number of rotatable bonds is 7. The second-order valence-electron chi connectivity index (χ2n) is 5.39. The van der Waals surface area contributed by atoms with Crippen molar-refractivity contribution in [3.63, 3.8) is 0 Å². The van der Waals surface area contributed by atoms with Gasteiger partial charge < -0.3 is 15.4 Å². The molecule has 5 heteroatoms. The summed E-state index contributed by atoms with van der Waals surface area (Å²) in [4.78, 5) is 13.9. The molecule has 23 heavy (non-hydrogen) atoms.